The van der Waals surface area contributed by atoms with Crippen molar-refractivity contribution < 1.29 is 14.5 Å². The van der Waals surface area contributed by atoms with Gasteiger partial charge in [-0.1, -0.05) is 0 Å². The van der Waals surface area contributed by atoms with Crippen molar-refractivity contribution in [1.29, 1.82) is 0 Å². The molecule has 0 unspecified atom stereocenters. The van der Waals surface area contributed by atoms with Crippen LogP contribution in [0.5, 0.6) is 5.75 Å². The highest BCUT2D eigenvalue weighted by molar-refractivity contribution is 5.95. The molecule has 2 aromatic rings. The first-order valence-corrected chi connectivity index (χ1v) is 7.51. The number of ether oxygens (including phenoxy) is 1. The van der Waals surface area contributed by atoms with Crippen LogP contribution in [0.1, 0.15) is 21.6 Å². The summed E-state index contributed by atoms with van der Waals surface area (Å²) in [7, 11) is 1.49. The molecule has 0 spiro atoms. The molecule has 9 nitrogen and oxygen atoms in total. The highest BCUT2D eigenvalue weighted by Gasteiger charge is 2.17. The predicted octanol–water partition coefficient (Wildman–Crippen LogP) is 1.11. The van der Waals surface area contributed by atoms with Gasteiger partial charge in [-0.05, 0) is 31.5 Å². The van der Waals surface area contributed by atoms with E-state index in [9.17, 15) is 19.7 Å². The third-order valence-electron chi connectivity index (χ3n) is 3.66. The monoisotopic (exact) mass is 346 g/mol. The molecule has 0 bridgehead atoms. The number of nitrogens with one attached hydrogen (secondary N) is 1. The molecule has 0 aliphatic carbocycles. The van der Waals surface area contributed by atoms with E-state index >= 15 is 0 Å². The summed E-state index contributed by atoms with van der Waals surface area (Å²) in [4.78, 5) is 34.4. The molecule has 1 N–H and O–H groups in total. The topological polar surface area (TPSA) is 116 Å². The minimum Gasteiger partial charge on any atom is -0.492 e. The summed E-state index contributed by atoms with van der Waals surface area (Å²) < 4.78 is 6.53. The van der Waals surface area contributed by atoms with Gasteiger partial charge in [-0.2, -0.15) is 5.10 Å². The molecule has 1 amide bonds. The summed E-state index contributed by atoms with van der Waals surface area (Å²) in [6, 6.07) is 5.62. The molecule has 1 aromatic carbocycles. The highest BCUT2D eigenvalue weighted by Crippen LogP contribution is 2.17. The fourth-order valence-electron chi connectivity index (χ4n) is 2.20. The third kappa shape index (κ3) is 4.19. The quantitative estimate of drug-likeness (QED) is 0.476. The fourth-order valence-corrected chi connectivity index (χ4v) is 2.20. The van der Waals surface area contributed by atoms with Crippen LogP contribution in [0.4, 0.5) is 5.69 Å². The van der Waals surface area contributed by atoms with Crippen molar-refractivity contribution in [3.05, 3.63) is 61.6 Å². The third-order valence-corrected chi connectivity index (χ3v) is 3.66. The van der Waals surface area contributed by atoms with Crippen LogP contribution in [-0.4, -0.2) is 33.8 Å². The second-order valence-corrected chi connectivity index (χ2v) is 5.37. The zero-order valence-electron chi connectivity index (χ0n) is 14.1. The van der Waals surface area contributed by atoms with Gasteiger partial charge in [0.1, 0.15) is 17.9 Å². The summed E-state index contributed by atoms with van der Waals surface area (Å²) >= 11 is 0. The van der Waals surface area contributed by atoms with Gasteiger partial charge in [0.25, 0.3) is 17.2 Å². The van der Waals surface area contributed by atoms with Crippen LogP contribution in [0, 0.1) is 24.0 Å². The van der Waals surface area contributed by atoms with Crippen molar-refractivity contribution in [2.24, 2.45) is 7.05 Å². The van der Waals surface area contributed by atoms with Crippen molar-refractivity contribution >= 4 is 11.6 Å². The molecule has 0 saturated carbocycles. The number of non-ortho nitro benzene ring substituents is 1. The molecule has 0 aliphatic heterocycles. The van der Waals surface area contributed by atoms with Gasteiger partial charge in [0, 0.05) is 19.2 Å². The highest BCUT2D eigenvalue weighted by atomic mass is 16.6. The maximum absolute atomic E-state index is 12.2. The van der Waals surface area contributed by atoms with Crippen LogP contribution in [0.15, 0.2) is 29.1 Å². The standard InChI is InChI=1S/C16H18N4O5/c1-10-11(2)18-19(3)16(22)14(10)15(21)17-8-9-25-13-6-4-12(5-7-13)20(23)24/h4-7H,8-9H2,1-3H3,(H,17,21). The number of carbonyl (C=O) groups is 1. The van der Waals surface area contributed by atoms with Crippen molar-refractivity contribution in [2.75, 3.05) is 13.2 Å². The van der Waals surface area contributed by atoms with Crippen LogP contribution in [0.3, 0.4) is 0 Å². The molecule has 0 saturated heterocycles. The normalized spacial score (nSPS) is 10.4. The van der Waals surface area contributed by atoms with E-state index < -0.39 is 16.4 Å². The molecule has 1 heterocycles. The Hall–Kier alpha value is -3.23. The minimum absolute atomic E-state index is 0.0278. The lowest BCUT2D eigenvalue weighted by Crippen LogP contribution is -2.36. The average molecular weight is 346 g/mol. The van der Waals surface area contributed by atoms with E-state index in [0.717, 1.165) is 4.68 Å². The Morgan fingerprint density at radius 1 is 1.32 bits per heavy atom. The maximum atomic E-state index is 12.2. The number of hydrogen-bond acceptors (Lipinski definition) is 6. The number of nitro benzene ring substituents is 1. The summed E-state index contributed by atoms with van der Waals surface area (Å²) in [5, 5.41) is 17.2. The molecule has 25 heavy (non-hydrogen) atoms. The molecule has 0 fully saturated rings. The minimum atomic E-state index is -0.496. The molecule has 0 radical (unpaired) electrons. The van der Waals surface area contributed by atoms with Crippen LogP contribution < -0.4 is 15.6 Å². The first-order valence-electron chi connectivity index (χ1n) is 7.51. The van der Waals surface area contributed by atoms with Gasteiger partial charge in [-0.25, -0.2) is 4.68 Å². The second kappa shape index (κ2) is 7.56. The van der Waals surface area contributed by atoms with E-state index in [1.807, 2.05) is 0 Å². The number of benzene rings is 1. The van der Waals surface area contributed by atoms with Crippen LogP contribution in [0.2, 0.25) is 0 Å². The van der Waals surface area contributed by atoms with Gasteiger partial charge in [0.05, 0.1) is 17.2 Å². The number of aromatic nitrogens is 2. The van der Waals surface area contributed by atoms with E-state index in [4.69, 9.17) is 4.74 Å². The average Bonchev–Trinajstić information content (AvgIpc) is 2.57. The van der Waals surface area contributed by atoms with Crippen LogP contribution >= 0.6 is 0 Å². The molecular formula is C16H18N4O5. The number of hydrogen-bond donors (Lipinski definition) is 1. The smallest absolute Gasteiger partial charge is 0.279 e. The number of carbonyl (C=O) groups excluding carboxylic acids is 1. The zero-order chi connectivity index (χ0) is 18.6. The summed E-state index contributed by atoms with van der Waals surface area (Å²) in [5.41, 5.74) is 0.716. The number of nitro groups is 1. The van der Waals surface area contributed by atoms with Crippen LogP contribution in [-0.2, 0) is 7.05 Å². The SMILES string of the molecule is Cc1nn(C)c(=O)c(C(=O)NCCOc2ccc([N+](=O)[O-])cc2)c1C. The summed E-state index contributed by atoms with van der Waals surface area (Å²) in [5.74, 6) is -0.0393. The van der Waals surface area contributed by atoms with Gasteiger partial charge >= 0.3 is 0 Å². The summed E-state index contributed by atoms with van der Waals surface area (Å²) in [6.45, 7) is 3.74. The first kappa shape index (κ1) is 18.1. The Kier molecular flexibility index (Phi) is 5.48. The second-order valence-electron chi connectivity index (χ2n) is 5.37. The molecule has 0 aliphatic rings. The van der Waals surface area contributed by atoms with Gasteiger partial charge in [-0.15, -0.1) is 0 Å². The Balaban J connectivity index is 1.93. The van der Waals surface area contributed by atoms with E-state index in [-0.39, 0.29) is 24.4 Å². The molecule has 132 valence electrons. The largest absolute Gasteiger partial charge is 0.492 e. The summed E-state index contributed by atoms with van der Waals surface area (Å²) in [6.07, 6.45) is 0. The van der Waals surface area contributed by atoms with Gasteiger partial charge in [0.15, 0.2) is 0 Å². The number of rotatable bonds is 6. The Labute approximate surface area is 143 Å². The molecule has 1 aromatic heterocycles. The van der Waals surface area contributed by atoms with Gasteiger partial charge in [-0.3, -0.25) is 19.7 Å². The number of amides is 1. The predicted molar refractivity (Wildman–Crippen MR) is 89.9 cm³/mol. The Morgan fingerprint density at radius 2 is 1.96 bits per heavy atom. The Bertz CT molecular complexity index is 858. The van der Waals surface area contributed by atoms with Crippen molar-refractivity contribution in [2.45, 2.75) is 13.8 Å². The van der Waals surface area contributed by atoms with E-state index in [1.54, 1.807) is 13.8 Å². The molecule has 0 atom stereocenters. The lowest BCUT2D eigenvalue weighted by Gasteiger charge is -2.11. The van der Waals surface area contributed by atoms with Crippen molar-refractivity contribution in [3.8, 4) is 5.75 Å². The lowest BCUT2D eigenvalue weighted by atomic mass is 10.1. The number of nitrogens with zero attached hydrogens (tertiary/aromatic N) is 3. The molecule has 2 rings (SSSR count). The van der Waals surface area contributed by atoms with Gasteiger partial charge < -0.3 is 10.1 Å². The van der Waals surface area contributed by atoms with E-state index in [1.165, 1.54) is 31.3 Å². The van der Waals surface area contributed by atoms with E-state index in [0.29, 0.717) is 17.0 Å². The lowest BCUT2D eigenvalue weighted by molar-refractivity contribution is -0.384. The Morgan fingerprint density at radius 3 is 2.56 bits per heavy atom. The maximum Gasteiger partial charge on any atom is 0.279 e. The van der Waals surface area contributed by atoms with E-state index in [2.05, 4.69) is 10.4 Å². The first-order chi connectivity index (χ1) is 11.8. The van der Waals surface area contributed by atoms with Crippen LogP contribution in [0.25, 0.3) is 0 Å². The zero-order valence-corrected chi connectivity index (χ0v) is 14.1. The van der Waals surface area contributed by atoms with Crippen molar-refractivity contribution in [3.63, 3.8) is 0 Å². The molecular weight excluding hydrogens is 328 g/mol. The fraction of sp³-hybridized carbons (Fsp3) is 0.312. The number of aryl methyl sites for hydroxylation is 2. The van der Waals surface area contributed by atoms with Gasteiger partial charge in [0.2, 0.25) is 0 Å². The molecule has 9 heteroatoms. The van der Waals surface area contributed by atoms with Crippen molar-refractivity contribution in [1.82, 2.24) is 15.1 Å².